The van der Waals surface area contributed by atoms with Gasteiger partial charge in [0.05, 0.1) is 13.7 Å². The summed E-state index contributed by atoms with van der Waals surface area (Å²) in [6.45, 7) is 1.95. The van der Waals surface area contributed by atoms with Gasteiger partial charge in [-0.25, -0.2) is 4.79 Å². The minimum Gasteiger partial charge on any atom is -0.497 e. The van der Waals surface area contributed by atoms with Gasteiger partial charge in [0.2, 0.25) is 0 Å². The number of hydrogen-bond acceptors (Lipinski definition) is 4. The van der Waals surface area contributed by atoms with E-state index in [2.05, 4.69) is 10.6 Å². The molecule has 5 heteroatoms. The number of amides is 1. The number of benzene rings is 1. The molecule has 1 aromatic rings. The average Bonchev–Trinajstić information content (AvgIpc) is 2.75. The van der Waals surface area contributed by atoms with E-state index in [4.69, 9.17) is 9.47 Å². The third-order valence-corrected chi connectivity index (χ3v) is 2.58. The van der Waals surface area contributed by atoms with E-state index < -0.39 is 0 Å². The molecule has 5 nitrogen and oxygen atoms in total. The van der Waals surface area contributed by atoms with Crippen LogP contribution in [0.1, 0.15) is 5.56 Å². The van der Waals surface area contributed by atoms with Gasteiger partial charge >= 0.3 is 6.09 Å². The smallest absolute Gasteiger partial charge is 0.407 e. The highest BCUT2D eigenvalue weighted by molar-refractivity contribution is 5.69. The Labute approximate surface area is 100 Å². The Balaban J connectivity index is 1.75. The minimum absolute atomic E-state index is 0.0758. The summed E-state index contributed by atoms with van der Waals surface area (Å²) in [5, 5.41) is 5.86. The predicted molar refractivity (Wildman–Crippen MR) is 63.0 cm³/mol. The van der Waals surface area contributed by atoms with Crippen LogP contribution in [-0.4, -0.2) is 32.4 Å². The van der Waals surface area contributed by atoms with Crippen LogP contribution in [0.2, 0.25) is 0 Å². The lowest BCUT2D eigenvalue weighted by molar-refractivity contribution is 0.139. The fraction of sp³-hybridized carbons (Fsp3) is 0.417. The van der Waals surface area contributed by atoms with Crippen LogP contribution < -0.4 is 15.4 Å². The molecule has 1 unspecified atom stereocenters. The number of hydrogen-bond donors (Lipinski definition) is 2. The Bertz CT molecular complexity index is 395. The second kappa shape index (κ2) is 5.54. The zero-order valence-corrected chi connectivity index (χ0v) is 9.73. The van der Waals surface area contributed by atoms with E-state index >= 15 is 0 Å². The van der Waals surface area contributed by atoms with Gasteiger partial charge in [0.15, 0.2) is 0 Å². The quantitative estimate of drug-likeness (QED) is 0.797. The Morgan fingerprint density at radius 3 is 3.18 bits per heavy atom. The summed E-state index contributed by atoms with van der Waals surface area (Å²) in [7, 11) is 1.65. The van der Waals surface area contributed by atoms with E-state index in [0.29, 0.717) is 13.1 Å². The molecule has 1 aliphatic rings. The molecule has 1 fully saturated rings. The second-order valence-corrected chi connectivity index (χ2v) is 3.89. The third-order valence-electron chi connectivity index (χ3n) is 2.58. The summed E-state index contributed by atoms with van der Waals surface area (Å²) in [6, 6.07) is 7.86. The first-order chi connectivity index (χ1) is 8.28. The van der Waals surface area contributed by atoms with Crippen LogP contribution in [0.15, 0.2) is 24.3 Å². The summed E-state index contributed by atoms with van der Waals surface area (Å²) >= 11 is 0. The zero-order valence-electron chi connectivity index (χ0n) is 9.73. The number of carbonyl (C=O) groups is 1. The summed E-state index contributed by atoms with van der Waals surface area (Å²) < 4.78 is 10.1. The largest absolute Gasteiger partial charge is 0.497 e. The van der Waals surface area contributed by atoms with Crippen molar-refractivity contribution in [1.82, 2.24) is 10.6 Å². The van der Waals surface area contributed by atoms with Gasteiger partial charge in [-0.3, -0.25) is 0 Å². The fourth-order valence-electron chi connectivity index (χ4n) is 1.71. The molecule has 1 aliphatic heterocycles. The summed E-state index contributed by atoms with van der Waals surface area (Å²) in [4.78, 5) is 10.8. The molecule has 0 aromatic heterocycles. The molecule has 0 spiro atoms. The first-order valence-electron chi connectivity index (χ1n) is 5.56. The van der Waals surface area contributed by atoms with E-state index in [1.807, 2.05) is 24.3 Å². The molecule has 0 saturated carbocycles. The highest BCUT2D eigenvalue weighted by Crippen LogP contribution is 2.12. The van der Waals surface area contributed by atoms with Crippen molar-refractivity contribution in [2.75, 3.05) is 20.2 Å². The first kappa shape index (κ1) is 11.7. The monoisotopic (exact) mass is 236 g/mol. The Hall–Kier alpha value is -1.75. The molecule has 1 saturated heterocycles. The van der Waals surface area contributed by atoms with Crippen LogP contribution in [0.5, 0.6) is 5.75 Å². The molecule has 0 bridgehead atoms. The van der Waals surface area contributed by atoms with E-state index in [0.717, 1.165) is 17.9 Å². The fourth-order valence-corrected chi connectivity index (χ4v) is 1.71. The van der Waals surface area contributed by atoms with Gasteiger partial charge in [-0.1, -0.05) is 12.1 Å². The van der Waals surface area contributed by atoms with Crippen molar-refractivity contribution in [3.05, 3.63) is 29.8 Å². The number of cyclic esters (lactones) is 1. The van der Waals surface area contributed by atoms with Gasteiger partial charge < -0.3 is 20.1 Å². The lowest BCUT2D eigenvalue weighted by Crippen LogP contribution is -2.29. The molecular formula is C12H16N2O3. The number of methoxy groups -OCH3 is 1. The standard InChI is InChI=1S/C12H16N2O3/c1-16-10-4-2-3-9(5-10)6-13-7-11-8-14-12(15)17-11/h2-5,11,13H,6-8H2,1H3,(H,14,15). The van der Waals surface area contributed by atoms with Gasteiger partial charge in [0.25, 0.3) is 0 Å². The lowest BCUT2D eigenvalue weighted by Gasteiger charge is -2.10. The molecule has 1 amide bonds. The topological polar surface area (TPSA) is 59.6 Å². The molecule has 92 valence electrons. The molecule has 0 aliphatic carbocycles. The van der Waals surface area contributed by atoms with Crippen LogP contribution in [0, 0.1) is 0 Å². The van der Waals surface area contributed by atoms with Crippen molar-refractivity contribution in [1.29, 1.82) is 0 Å². The maximum atomic E-state index is 10.8. The van der Waals surface area contributed by atoms with Crippen LogP contribution in [0.3, 0.4) is 0 Å². The van der Waals surface area contributed by atoms with Crippen molar-refractivity contribution in [2.45, 2.75) is 12.6 Å². The highest BCUT2D eigenvalue weighted by Gasteiger charge is 2.21. The zero-order chi connectivity index (χ0) is 12.1. The van der Waals surface area contributed by atoms with Gasteiger partial charge in [0, 0.05) is 13.1 Å². The van der Waals surface area contributed by atoms with Gasteiger partial charge in [-0.15, -0.1) is 0 Å². The summed E-state index contributed by atoms with van der Waals surface area (Å²) in [5.41, 5.74) is 1.14. The van der Waals surface area contributed by atoms with Crippen molar-refractivity contribution in [3.8, 4) is 5.75 Å². The first-order valence-corrected chi connectivity index (χ1v) is 5.56. The summed E-state index contributed by atoms with van der Waals surface area (Å²) in [6.07, 6.45) is -0.411. The van der Waals surface area contributed by atoms with Crippen molar-refractivity contribution in [2.24, 2.45) is 0 Å². The molecule has 2 N–H and O–H groups in total. The molecule has 1 aromatic carbocycles. The van der Waals surface area contributed by atoms with Crippen LogP contribution in [0.25, 0.3) is 0 Å². The normalized spacial score (nSPS) is 18.6. The average molecular weight is 236 g/mol. The maximum Gasteiger partial charge on any atom is 0.407 e. The van der Waals surface area contributed by atoms with E-state index in [9.17, 15) is 4.79 Å². The van der Waals surface area contributed by atoms with Crippen molar-refractivity contribution >= 4 is 6.09 Å². The van der Waals surface area contributed by atoms with Gasteiger partial charge in [-0.2, -0.15) is 0 Å². The van der Waals surface area contributed by atoms with E-state index in [1.165, 1.54) is 0 Å². The number of alkyl carbamates (subject to hydrolysis) is 1. The Morgan fingerprint density at radius 2 is 2.47 bits per heavy atom. The van der Waals surface area contributed by atoms with E-state index in [1.54, 1.807) is 7.11 Å². The molecule has 2 rings (SSSR count). The van der Waals surface area contributed by atoms with Crippen LogP contribution in [-0.2, 0) is 11.3 Å². The van der Waals surface area contributed by atoms with Crippen molar-refractivity contribution < 1.29 is 14.3 Å². The molecule has 1 heterocycles. The SMILES string of the molecule is COc1cccc(CNCC2CNC(=O)O2)c1. The van der Waals surface area contributed by atoms with E-state index in [-0.39, 0.29) is 12.2 Å². The lowest BCUT2D eigenvalue weighted by atomic mass is 10.2. The minimum atomic E-state index is -0.335. The number of rotatable bonds is 5. The van der Waals surface area contributed by atoms with Gasteiger partial charge in [-0.05, 0) is 17.7 Å². The van der Waals surface area contributed by atoms with Crippen LogP contribution >= 0.6 is 0 Å². The highest BCUT2D eigenvalue weighted by atomic mass is 16.6. The summed E-state index contributed by atoms with van der Waals surface area (Å²) in [5.74, 6) is 0.846. The van der Waals surface area contributed by atoms with Crippen LogP contribution in [0.4, 0.5) is 4.79 Å². The molecule has 1 atom stereocenters. The Morgan fingerprint density at radius 1 is 1.59 bits per heavy atom. The molecular weight excluding hydrogens is 220 g/mol. The number of ether oxygens (including phenoxy) is 2. The predicted octanol–water partition coefficient (Wildman–Crippen LogP) is 0.893. The second-order valence-electron chi connectivity index (χ2n) is 3.89. The molecule has 0 radical (unpaired) electrons. The third kappa shape index (κ3) is 3.35. The van der Waals surface area contributed by atoms with Gasteiger partial charge in [0.1, 0.15) is 11.9 Å². The number of carbonyl (C=O) groups excluding carboxylic acids is 1. The Kier molecular flexibility index (Phi) is 3.82. The number of nitrogens with one attached hydrogen (secondary N) is 2. The van der Waals surface area contributed by atoms with Crippen molar-refractivity contribution in [3.63, 3.8) is 0 Å². The molecule has 17 heavy (non-hydrogen) atoms. The maximum absolute atomic E-state index is 10.8.